The maximum absolute atomic E-state index is 11.9. The Morgan fingerprint density at radius 3 is 2.29 bits per heavy atom. The van der Waals surface area contributed by atoms with Gasteiger partial charge in [-0.1, -0.05) is 0 Å². The SMILES string of the molecule is CS(=O)(=O)c1cc(C(=O)O)c(N)cc1-n1ccc(=O)cc1. The van der Waals surface area contributed by atoms with E-state index in [0.717, 1.165) is 12.3 Å². The van der Waals surface area contributed by atoms with Crippen molar-refractivity contribution in [2.24, 2.45) is 0 Å². The summed E-state index contributed by atoms with van der Waals surface area (Å²) in [5.74, 6) is -1.32. The molecule has 0 spiro atoms. The lowest BCUT2D eigenvalue weighted by molar-refractivity contribution is 0.0698. The zero-order chi connectivity index (χ0) is 15.8. The first kappa shape index (κ1) is 14.8. The largest absolute Gasteiger partial charge is 0.478 e. The number of hydrogen-bond donors (Lipinski definition) is 2. The fourth-order valence-electron chi connectivity index (χ4n) is 1.84. The number of nitrogens with two attached hydrogens (primary N) is 1. The van der Waals surface area contributed by atoms with E-state index in [9.17, 15) is 18.0 Å². The number of benzene rings is 1. The van der Waals surface area contributed by atoms with E-state index in [1.165, 1.54) is 35.2 Å². The molecular formula is C13H12N2O5S. The number of rotatable bonds is 3. The molecule has 3 N–H and O–H groups in total. The highest BCUT2D eigenvalue weighted by molar-refractivity contribution is 7.90. The van der Waals surface area contributed by atoms with Crippen LogP contribution in [0.5, 0.6) is 0 Å². The number of carboxylic acid groups (broad SMARTS) is 1. The number of nitrogen functional groups attached to an aromatic ring is 1. The number of carboxylic acids is 1. The van der Waals surface area contributed by atoms with Gasteiger partial charge < -0.3 is 15.4 Å². The van der Waals surface area contributed by atoms with E-state index in [4.69, 9.17) is 10.8 Å². The van der Waals surface area contributed by atoms with Crippen molar-refractivity contribution in [2.75, 3.05) is 12.0 Å². The molecule has 0 radical (unpaired) electrons. The first-order valence-electron chi connectivity index (χ1n) is 5.75. The minimum Gasteiger partial charge on any atom is -0.478 e. The molecule has 0 saturated heterocycles. The quantitative estimate of drug-likeness (QED) is 0.798. The summed E-state index contributed by atoms with van der Waals surface area (Å²) < 4.78 is 25.1. The summed E-state index contributed by atoms with van der Waals surface area (Å²) in [6.07, 6.45) is 3.73. The average Bonchev–Trinajstić information content (AvgIpc) is 2.37. The van der Waals surface area contributed by atoms with E-state index in [1.54, 1.807) is 0 Å². The van der Waals surface area contributed by atoms with Gasteiger partial charge in [-0.25, -0.2) is 13.2 Å². The molecule has 0 aliphatic carbocycles. The van der Waals surface area contributed by atoms with Gasteiger partial charge in [-0.3, -0.25) is 4.79 Å². The highest BCUT2D eigenvalue weighted by atomic mass is 32.2. The molecular weight excluding hydrogens is 296 g/mol. The zero-order valence-electron chi connectivity index (χ0n) is 11.0. The molecule has 8 heteroatoms. The molecule has 0 unspecified atom stereocenters. The summed E-state index contributed by atoms with van der Waals surface area (Å²) in [7, 11) is -3.68. The second kappa shape index (κ2) is 5.06. The van der Waals surface area contributed by atoms with Crippen LogP contribution in [0.25, 0.3) is 5.69 Å². The van der Waals surface area contributed by atoms with Crippen LogP contribution in [-0.2, 0) is 9.84 Å². The maximum atomic E-state index is 11.9. The highest BCUT2D eigenvalue weighted by Crippen LogP contribution is 2.26. The van der Waals surface area contributed by atoms with E-state index in [1.807, 2.05) is 0 Å². The van der Waals surface area contributed by atoms with E-state index in [2.05, 4.69) is 0 Å². The van der Waals surface area contributed by atoms with Crippen molar-refractivity contribution < 1.29 is 18.3 Å². The predicted octanol–water partition coefficient (Wildman–Crippen LogP) is 0.521. The molecule has 0 aliphatic heterocycles. The second-order valence-corrected chi connectivity index (χ2v) is 6.41. The van der Waals surface area contributed by atoms with Gasteiger partial charge in [-0.15, -0.1) is 0 Å². The first-order chi connectivity index (χ1) is 9.70. The number of hydrogen-bond acceptors (Lipinski definition) is 5. The van der Waals surface area contributed by atoms with Gasteiger partial charge in [0.05, 0.1) is 16.1 Å². The van der Waals surface area contributed by atoms with Crippen LogP contribution in [0, 0.1) is 0 Å². The van der Waals surface area contributed by atoms with E-state index in [-0.39, 0.29) is 27.3 Å². The minimum atomic E-state index is -3.68. The number of aromatic nitrogens is 1. The van der Waals surface area contributed by atoms with Gasteiger partial charge in [-0.05, 0) is 12.1 Å². The molecule has 0 atom stereocenters. The molecule has 7 nitrogen and oxygen atoms in total. The third-order valence-electron chi connectivity index (χ3n) is 2.84. The molecule has 21 heavy (non-hydrogen) atoms. The van der Waals surface area contributed by atoms with E-state index < -0.39 is 15.8 Å². The Morgan fingerprint density at radius 2 is 1.81 bits per heavy atom. The van der Waals surface area contributed by atoms with Crippen molar-refractivity contribution in [3.8, 4) is 5.69 Å². The monoisotopic (exact) mass is 308 g/mol. The summed E-state index contributed by atoms with van der Waals surface area (Å²) in [6, 6.07) is 4.78. The van der Waals surface area contributed by atoms with E-state index in [0.29, 0.717) is 0 Å². The lowest BCUT2D eigenvalue weighted by Gasteiger charge is -2.13. The Labute approximate surface area is 120 Å². The Kier molecular flexibility index (Phi) is 3.56. The van der Waals surface area contributed by atoms with Crippen molar-refractivity contribution in [3.05, 3.63) is 52.4 Å². The van der Waals surface area contributed by atoms with Gasteiger partial charge in [0.25, 0.3) is 0 Å². The topological polar surface area (TPSA) is 119 Å². The number of carbonyl (C=O) groups is 1. The third kappa shape index (κ3) is 2.95. The average molecular weight is 308 g/mol. The summed E-state index contributed by atoms with van der Waals surface area (Å²) in [5, 5.41) is 9.03. The van der Waals surface area contributed by atoms with Crippen LogP contribution < -0.4 is 11.2 Å². The molecule has 1 aromatic heterocycles. The van der Waals surface area contributed by atoms with Crippen LogP contribution in [0.1, 0.15) is 10.4 Å². The van der Waals surface area contributed by atoms with Gasteiger partial charge in [0, 0.05) is 36.5 Å². The number of sulfone groups is 1. The van der Waals surface area contributed by atoms with Gasteiger partial charge in [0.2, 0.25) is 0 Å². The van der Waals surface area contributed by atoms with Gasteiger partial charge in [0.1, 0.15) is 0 Å². The summed E-state index contributed by atoms with van der Waals surface area (Å²) in [5.41, 5.74) is 5.24. The molecule has 2 aromatic rings. The molecule has 1 heterocycles. The summed E-state index contributed by atoms with van der Waals surface area (Å²) in [4.78, 5) is 22.0. The molecule has 0 saturated carbocycles. The van der Waals surface area contributed by atoms with Crippen LogP contribution in [0.4, 0.5) is 5.69 Å². The highest BCUT2D eigenvalue weighted by Gasteiger charge is 2.20. The number of anilines is 1. The number of nitrogens with zero attached hydrogens (tertiary/aromatic N) is 1. The second-order valence-electron chi connectivity index (χ2n) is 4.43. The van der Waals surface area contributed by atoms with E-state index >= 15 is 0 Å². The van der Waals surface area contributed by atoms with Gasteiger partial charge in [0.15, 0.2) is 15.3 Å². The van der Waals surface area contributed by atoms with Crippen LogP contribution in [-0.4, -0.2) is 30.3 Å². The molecule has 2 rings (SSSR count). The molecule has 0 amide bonds. The first-order valence-corrected chi connectivity index (χ1v) is 7.65. The third-order valence-corrected chi connectivity index (χ3v) is 3.96. The lowest BCUT2D eigenvalue weighted by atomic mass is 10.1. The van der Waals surface area contributed by atoms with Gasteiger partial charge >= 0.3 is 5.97 Å². The number of pyridine rings is 1. The maximum Gasteiger partial charge on any atom is 0.337 e. The van der Waals surface area contributed by atoms with Crippen LogP contribution in [0.2, 0.25) is 0 Å². The Balaban J connectivity index is 2.82. The van der Waals surface area contributed by atoms with Crippen molar-refractivity contribution in [1.82, 2.24) is 4.57 Å². The molecule has 1 aromatic carbocycles. The molecule has 110 valence electrons. The fraction of sp³-hybridized carbons (Fsp3) is 0.0769. The Morgan fingerprint density at radius 1 is 1.24 bits per heavy atom. The normalized spacial score (nSPS) is 11.3. The van der Waals surface area contributed by atoms with Crippen LogP contribution >= 0.6 is 0 Å². The van der Waals surface area contributed by atoms with Crippen molar-refractivity contribution in [1.29, 1.82) is 0 Å². The lowest BCUT2D eigenvalue weighted by Crippen LogP contribution is -2.11. The summed E-state index contributed by atoms with van der Waals surface area (Å²) >= 11 is 0. The standard InChI is InChI=1S/C13H12N2O5S/c1-21(19,20)12-6-9(13(17)18)10(14)7-11(12)15-4-2-8(16)3-5-15/h2-7H,14H2,1H3,(H,17,18). The molecule has 0 fully saturated rings. The Hall–Kier alpha value is -2.61. The molecule has 0 bridgehead atoms. The van der Waals surface area contributed by atoms with Crippen LogP contribution in [0.15, 0.2) is 46.3 Å². The minimum absolute atomic E-state index is 0.0661. The smallest absolute Gasteiger partial charge is 0.337 e. The molecule has 0 aliphatic rings. The van der Waals surface area contributed by atoms with Gasteiger partial charge in [-0.2, -0.15) is 0 Å². The number of aromatic carboxylic acids is 1. The predicted molar refractivity (Wildman–Crippen MR) is 76.5 cm³/mol. The Bertz CT molecular complexity index is 863. The fourth-order valence-corrected chi connectivity index (χ4v) is 2.72. The summed E-state index contributed by atoms with van der Waals surface area (Å²) in [6.45, 7) is 0. The van der Waals surface area contributed by atoms with Crippen molar-refractivity contribution in [2.45, 2.75) is 4.90 Å². The van der Waals surface area contributed by atoms with Crippen molar-refractivity contribution in [3.63, 3.8) is 0 Å². The zero-order valence-corrected chi connectivity index (χ0v) is 11.8. The van der Waals surface area contributed by atoms with Crippen molar-refractivity contribution >= 4 is 21.5 Å². The van der Waals surface area contributed by atoms with Crippen LogP contribution in [0.3, 0.4) is 0 Å².